The Kier molecular flexibility index (Phi) is 4.74. The summed E-state index contributed by atoms with van der Waals surface area (Å²) in [6, 6.07) is 0. The third-order valence-corrected chi connectivity index (χ3v) is 0.813. The van der Waals surface area contributed by atoms with Crippen molar-refractivity contribution in [3.8, 4) is 0 Å². The minimum atomic E-state index is -0.583. The number of hydrogen-bond acceptors (Lipinski definition) is 2. The maximum atomic E-state index is 5.43. The first-order valence-corrected chi connectivity index (χ1v) is 3.59. The van der Waals surface area contributed by atoms with Gasteiger partial charge in [-0.15, -0.1) is 0 Å². The number of rotatable bonds is 4. The Hall–Kier alpha value is -0.0151. The van der Waals surface area contributed by atoms with Crippen LogP contribution in [-0.2, 0) is 9.47 Å². The average molecular weight is 142 g/mol. The predicted octanol–water partition coefficient (Wildman–Crippen LogP) is 1.29. The molecule has 0 bridgehead atoms. The molecule has 0 heterocycles. The van der Waals surface area contributed by atoms with Crippen LogP contribution in [0.3, 0.4) is 0 Å². The van der Waals surface area contributed by atoms with E-state index in [4.69, 9.17) is 17.3 Å². The van der Waals surface area contributed by atoms with Gasteiger partial charge in [-0.2, -0.15) is 0 Å². The van der Waals surface area contributed by atoms with Gasteiger partial charge in [0.05, 0.1) is 12.2 Å². The molecule has 0 aliphatic rings. The van der Waals surface area contributed by atoms with Crippen LogP contribution in [0.4, 0.5) is 0 Å². The minimum absolute atomic E-state index is 0.119. The second kappa shape index (κ2) is 4.75. The Morgan fingerprint density at radius 1 is 0.900 bits per heavy atom. The van der Waals surface area contributed by atoms with Crippen molar-refractivity contribution in [3.05, 3.63) is 0 Å². The quantitative estimate of drug-likeness (QED) is 0.434. The zero-order valence-electron chi connectivity index (χ0n) is 7.13. The van der Waals surface area contributed by atoms with Crippen molar-refractivity contribution in [2.75, 3.05) is 0 Å². The summed E-state index contributed by atoms with van der Waals surface area (Å²) in [6.07, 6.45) is -0.345. The standard InChI is InChI=1S/C7H15BO2/c1-5(2)9-7(8)10-6(3)4/h5-7H,1-4H3. The van der Waals surface area contributed by atoms with Gasteiger partial charge in [0.15, 0.2) is 0 Å². The highest BCUT2D eigenvalue weighted by atomic mass is 16.7. The lowest BCUT2D eigenvalue weighted by Crippen LogP contribution is -2.24. The van der Waals surface area contributed by atoms with Gasteiger partial charge in [-0.25, -0.2) is 0 Å². The van der Waals surface area contributed by atoms with E-state index in [0.717, 1.165) is 0 Å². The van der Waals surface area contributed by atoms with Crippen molar-refractivity contribution in [1.82, 2.24) is 0 Å². The van der Waals surface area contributed by atoms with Gasteiger partial charge in [0.1, 0.15) is 14.0 Å². The van der Waals surface area contributed by atoms with Crippen LogP contribution in [0.2, 0.25) is 0 Å². The molecule has 3 heteroatoms. The molecule has 0 saturated heterocycles. The highest BCUT2D eigenvalue weighted by molar-refractivity contribution is 6.10. The van der Waals surface area contributed by atoms with Gasteiger partial charge in [0, 0.05) is 0 Å². The van der Waals surface area contributed by atoms with Crippen LogP contribution in [0.15, 0.2) is 0 Å². The first-order valence-electron chi connectivity index (χ1n) is 3.59. The molecule has 58 valence electrons. The second-order valence-corrected chi connectivity index (χ2v) is 2.74. The molecule has 0 aliphatic carbocycles. The number of ether oxygens (including phenoxy) is 2. The summed E-state index contributed by atoms with van der Waals surface area (Å²) < 4.78 is 10.2. The molecule has 0 aromatic heterocycles. The fraction of sp³-hybridized carbons (Fsp3) is 1.00. The smallest absolute Gasteiger partial charge is 0.149 e. The molecule has 2 radical (unpaired) electrons. The lowest BCUT2D eigenvalue weighted by Gasteiger charge is -2.19. The Bertz CT molecular complexity index is 73.7. The first-order chi connectivity index (χ1) is 4.52. The van der Waals surface area contributed by atoms with Gasteiger partial charge in [0.2, 0.25) is 0 Å². The topological polar surface area (TPSA) is 18.5 Å². The lowest BCUT2D eigenvalue weighted by atomic mass is 10.1. The van der Waals surface area contributed by atoms with E-state index >= 15 is 0 Å². The summed E-state index contributed by atoms with van der Waals surface area (Å²) in [5.41, 5.74) is 0. The number of hydrogen-bond donors (Lipinski definition) is 0. The summed E-state index contributed by atoms with van der Waals surface area (Å²) in [7, 11) is 5.43. The Morgan fingerprint density at radius 2 is 1.20 bits per heavy atom. The van der Waals surface area contributed by atoms with E-state index in [9.17, 15) is 0 Å². The molecular weight excluding hydrogens is 127 g/mol. The molecule has 0 aromatic rings. The highest BCUT2D eigenvalue weighted by Gasteiger charge is 2.05. The molecule has 0 spiro atoms. The largest absolute Gasteiger partial charge is 0.360 e. The van der Waals surface area contributed by atoms with Crippen molar-refractivity contribution in [1.29, 1.82) is 0 Å². The first kappa shape index (κ1) is 9.98. The molecule has 0 unspecified atom stereocenters. The summed E-state index contributed by atoms with van der Waals surface area (Å²) in [5.74, 6) is 0. The summed E-state index contributed by atoms with van der Waals surface area (Å²) >= 11 is 0. The van der Waals surface area contributed by atoms with E-state index < -0.39 is 6.19 Å². The SMILES string of the molecule is [B]C(OC(C)C)OC(C)C. The summed E-state index contributed by atoms with van der Waals surface area (Å²) in [4.78, 5) is 0. The third-order valence-electron chi connectivity index (χ3n) is 0.813. The van der Waals surface area contributed by atoms with E-state index in [1.807, 2.05) is 27.7 Å². The van der Waals surface area contributed by atoms with Crippen LogP contribution in [0, 0.1) is 0 Å². The molecule has 2 nitrogen and oxygen atoms in total. The van der Waals surface area contributed by atoms with E-state index in [2.05, 4.69) is 0 Å². The molecule has 0 aromatic carbocycles. The Labute approximate surface area is 64.3 Å². The molecule has 10 heavy (non-hydrogen) atoms. The Balaban J connectivity index is 3.34. The lowest BCUT2D eigenvalue weighted by molar-refractivity contribution is -0.131. The van der Waals surface area contributed by atoms with Gasteiger partial charge in [-0.05, 0) is 27.7 Å². The average Bonchev–Trinajstić information content (AvgIpc) is 1.58. The van der Waals surface area contributed by atoms with E-state index in [-0.39, 0.29) is 12.2 Å². The summed E-state index contributed by atoms with van der Waals surface area (Å²) in [5, 5.41) is 0. The van der Waals surface area contributed by atoms with Crippen LogP contribution in [0.25, 0.3) is 0 Å². The van der Waals surface area contributed by atoms with Crippen molar-refractivity contribution in [3.63, 3.8) is 0 Å². The molecular formula is C7H15BO2. The zero-order chi connectivity index (χ0) is 8.15. The van der Waals surface area contributed by atoms with Gasteiger partial charge < -0.3 is 9.47 Å². The van der Waals surface area contributed by atoms with Crippen LogP contribution in [0.1, 0.15) is 27.7 Å². The molecule has 0 atom stereocenters. The maximum Gasteiger partial charge on any atom is 0.149 e. The van der Waals surface area contributed by atoms with E-state index in [1.165, 1.54) is 0 Å². The van der Waals surface area contributed by atoms with Crippen molar-refractivity contribution < 1.29 is 9.47 Å². The van der Waals surface area contributed by atoms with Gasteiger partial charge >= 0.3 is 0 Å². The predicted molar refractivity (Wildman–Crippen MR) is 42.0 cm³/mol. The van der Waals surface area contributed by atoms with Crippen molar-refractivity contribution in [2.24, 2.45) is 0 Å². The van der Waals surface area contributed by atoms with Crippen molar-refractivity contribution >= 4 is 7.85 Å². The van der Waals surface area contributed by atoms with Crippen LogP contribution in [0.5, 0.6) is 0 Å². The van der Waals surface area contributed by atoms with E-state index in [0.29, 0.717) is 0 Å². The van der Waals surface area contributed by atoms with Gasteiger partial charge in [0.25, 0.3) is 0 Å². The highest BCUT2D eigenvalue weighted by Crippen LogP contribution is 1.99. The minimum Gasteiger partial charge on any atom is -0.360 e. The summed E-state index contributed by atoms with van der Waals surface area (Å²) in [6.45, 7) is 7.68. The molecule has 0 rings (SSSR count). The monoisotopic (exact) mass is 142 g/mol. The van der Waals surface area contributed by atoms with Crippen LogP contribution < -0.4 is 0 Å². The third kappa shape index (κ3) is 6.11. The Morgan fingerprint density at radius 3 is 1.40 bits per heavy atom. The van der Waals surface area contributed by atoms with Gasteiger partial charge in [-0.3, -0.25) is 0 Å². The molecule has 0 amide bonds. The molecule has 0 aliphatic heterocycles. The maximum absolute atomic E-state index is 5.43. The fourth-order valence-electron chi connectivity index (χ4n) is 0.569. The normalized spacial score (nSPS) is 11.9. The second-order valence-electron chi connectivity index (χ2n) is 2.74. The van der Waals surface area contributed by atoms with E-state index in [1.54, 1.807) is 0 Å². The van der Waals surface area contributed by atoms with Crippen LogP contribution in [-0.4, -0.2) is 26.2 Å². The fourth-order valence-corrected chi connectivity index (χ4v) is 0.569. The van der Waals surface area contributed by atoms with Crippen molar-refractivity contribution in [2.45, 2.75) is 46.1 Å². The molecule has 0 saturated carbocycles. The zero-order valence-corrected chi connectivity index (χ0v) is 7.13. The molecule has 0 fully saturated rings. The van der Waals surface area contributed by atoms with Gasteiger partial charge in [-0.1, -0.05) is 0 Å². The molecule has 0 N–H and O–H groups in total. The van der Waals surface area contributed by atoms with Crippen LogP contribution >= 0.6 is 0 Å².